The van der Waals surface area contributed by atoms with Crippen LogP contribution in [-0.4, -0.2) is 91.5 Å². The minimum atomic E-state index is -1.91. The molecule has 0 radical (unpaired) electrons. The van der Waals surface area contributed by atoms with E-state index in [1.165, 1.54) is 12.4 Å². The molecule has 0 unspecified atom stereocenters. The monoisotopic (exact) mass is 698 g/mol. The molecule has 6 heterocycles. The first kappa shape index (κ1) is 34.0. The van der Waals surface area contributed by atoms with Gasteiger partial charge in [-0.15, -0.1) is 0 Å². The third-order valence-corrected chi connectivity index (χ3v) is 9.71. The first-order chi connectivity index (χ1) is 24.5. The highest BCUT2D eigenvalue weighted by Crippen LogP contribution is 2.40. The fourth-order valence-corrected chi connectivity index (χ4v) is 6.84. The smallest absolute Gasteiger partial charge is 0.415 e. The van der Waals surface area contributed by atoms with Gasteiger partial charge < -0.3 is 34.3 Å². The number of piperazine rings is 1. The van der Waals surface area contributed by atoms with E-state index in [2.05, 4.69) is 29.1 Å². The average molecular weight is 699 g/mol. The van der Waals surface area contributed by atoms with Crippen LogP contribution in [-0.2, 0) is 34.7 Å². The van der Waals surface area contributed by atoms with Crippen molar-refractivity contribution < 1.29 is 34.2 Å². The van der Waals surface area contributed by atoms with Crippen LogP contribution in [0.2, 0.25) is 0 Å². The molecule has 2 amide bonds. The highest BCUT2D eigenvalue weighted by molar-refractivity contribution is 5.93. The molecule has 16 heteroatoms. The number of anilines is 1. The van der Waals surface area contributed by atoms with E-state index < -0.39 is 23.6 Å². The van der Waals surface area contributed by atoms with Crippen LogP contribution in [0.4, 0.5) is 10.7 Å². The van der Waals surface area contributed by atoms with E-state index in [4.69, 9.17) is 19.7 Å². The Balaban J connectivity index is 1.16. The third kappa shape index (κ3) is 6.04. The molecule has 0 saturated carbocycles. The number of hydroxylamine groups is 1. The second-order valence-corrected chi connectivity index (χ2v) is 13.1. The Labute approximate surface area is 292 Å². The Morgan fingerprint density at radius 1 is 1.10 bits per heavy atom. The number of fused-ring (bicyclic) bond motifs is 5. The lowest BCUT2D eigenvalue weighted by Gasteiger charge is -2.34. The Kier molecular flexibility index (Phi) is 8.91. The van der Waals surface area contributed by atoms with Crippen molar-refractivity contribution in [2.45, 2.75) is 58.4 Å². The zero-order valence-electron chi connectivity index (χ0n) is 28.4. The number of nitrogens with zero attached hydrogens (tertiary/aromatic N) is 6. The summed E-state index contributed by atoms with van der Waals surface area (Å²) < 4.78 is 12.8. The minimum Gasteiger partial charge on any atom is -0.458 e. The SMILES string of the molecule is CC[C@@]1(O)C(=O)OCc2c1cc1n(c2=O)Cc2cc3c(CCNC(C)C)c(OC(=O)N4CCN(c5ncc(C(=O)NO)cn5)CC4)ccc3nc2-1. The molecular weight excluding hydrogens is 660 g/mol. The number of benzene rings is 1. The Hall–Kier alpha value is -5.45. The van der Waals surface area contributed by atoms with E-state index in [1.807, 2.05) is 11.0 Å². The van der Waals surface area contributed by atoms with Crippen LogP contribution in [0.1, 0.15) is 59.8 Å². The highest BCUT2D eigenvalue weighted by atomic mass is 16.6. The standard InChI is InChI=1S/C35H38N8O8/c1-4-35(48)25-14-27-29-20(17-43(27)31(45)24(25)18-50-32(35)46)13-23-22(7-8-36-19(2)3)28(6-5-26(23)39-29)51-34(47)42-11-9-41(10-12-42)33-37-15-21(16-38-33)30(44)40-49/h5-6,13-16,19,36,48-49H,4,7-12,17-18H2,1-3H3,(H,40,44)/t35-/m0/s1. The number of hydrogen-bond donors (Lipinski definition) is 4. The van der Waals surface area contributed by atoms with Gasteiger partial charge in [-0.3, -0.25) is 14.8 Å². The first-order valence-electron chi connectivity index (χ1n) is 16.9. The Bertz CT molecular complexity index is 2110. The maximum absolute atomic E-state index is 13.7. The number of esters is 1. The summed E-state index contributed by atoms with van der Waals surface area (Å²) >= 11 is 0. The second kappa shape index (κ2) is 13.4. The van der Waals surface area contributed by atoms with Crippen LogP contribution >= 0.6 is 0 Å². The molecule has 1 aromatic carbocycles. The van der Waals surface area contributed by atoms with Gasteiger partial charge in [0.2, 0.25) is 5.95 Å². The molecule has 1 atom stereocenters. The normalized spacial score (nSPS) is 18.0. The average Bonchev–Trinajstić information content (AvgIpc) is 3.50. The van der Waals surface area contributed by atoms with Gasteiger partial charge in [-0.05, 0) is 43.7 Å². The largest absolute Gasteiger partial charge is 0.458 e. The molecular formula is C35H38N8O8. The summed E-state index contributed by atoms with van der Waals surface area (Å²) in [7, 11) is 0. The molecule has 0 aliphatic carbocycles. The van der Waals surface area contributed by atoms with E-state index in [9.17, 15) is 24.3 Å². The molecule has 3 aliphatic rings. The zero-order valence-corrected chi connectivity index (χ0v) is 28.4. The van der Waals surface area contributed by atoms with Crippen LogP contribution < -0.4 is 26.0 Å². The predicted octanol–water partition coefficient (Wildman–Crippen LogP) is 1.85. The Morgan fingerprint density at radius 3 is 2.53 bits per heavy atom. The van der Waals surface area contributed by atoms with Crippen molar-refractivity contribution in [3.63, 3.8) is 0 Å². The number of carbonyl (C=O) groups is 3. The molecule has 4 N–H and O–H groups in total. The molecule has 0 bridgehead atoms. The summed E-state index contributed by atoms with van der Waals surface area (Å²) in [6.45, 7) is 8.03. The lowest BCUT2D eigenvalue weighted by atomic mass is 9.86. The van der Waals surface area contributed by atoms with Crippen molar-refractivity contribution >= 4 is 34.8 Å². The van der Waals surface area contributed by atoms with Crippen molar-refractivity contribution in [2.75, 3.05) is 37.6 Å². The maximum Gasteiger partial charge on any atom is 0.415 e. The lowest BCUT2D eigenvalue weighted by molar-refractivity contribution is -0.172. The van der Waals surface area contributed by atoms with Gasteiger partial charge in [0.25, 0.3) is 11.5 Å². The summed E-state index contributed by atoms with van der Waals surface area (Å²) in [6, 6.07) is 7.42. The van der Waals surface area contributed by atoms with E-state index >= 15 is 0 Å². The second-order valence-electron chi connectivity index (χ2n) is 13.1. The van der Waals surface area contributed by atoms with E-state index in [0.29, 0.717) is 67.7 Å². The number of ether oxygens (including phenoxy) is 2. The number of carbonyl (C=O) groups excluding carboxylic acids is 3. The molecule has 51 heavy (non-hydrogen) atoms. The number of nitrogens with one attached hydrogen (secondary N) is 2. The molecule has 1 fully saturated rings. The number of aliphatic hydroxyl groups is 1. The summed E-state index contributed by atoms with van der Waals surface area (Å²) in [4.78, 5) is 68.2. The summed E-state index contributed by atoms with van der Waals surface area (Å²) in [5.41, 5.74) is 3.28. The van der Waals surface area contributed by atoms with Gasteiger partial charge in [0.1, 0.15) is 12.4 Å². The lowest BCUT2D eigenvalue weighted by Crippen LogP contribution is -2.50. The number of pyridine rings is 2. The molecule has 1 saturated heterocycles. The number of amides is 2. The van der Waals surface area contributed by atoms with Crippen LogP contribution in [0.5, 0.6) is 5.75 Å². The van der Waals surface area contributed by atoms with Gasteiger partial charge in [-0.25, -0.2) is 30.0 Å². The molecule has 7 rings (SSSR count). The molecule has 266 valence electrons. The number of rotatable bonds is 8. The van der Waals surface area contributed by atoms with Crippen molar-refractivity contribution in [3.8, 4) is 17.1 Å². The fraction of sp³-hybridized carbons (Fsp3) is 0.400. The minimum absolute atomic E-state index is 0.0558. The number of hydrogen-bond acceptors (Lipinski definition) is 13. The van der Waals surface area contributed by atoms with Gasteiger partial charge in [-0.1, -0.05) is 20.8 Å². The van der Waals surface area contributed by atoms with Gasteiger partial charge in [-0.2, -0.15) is 0 Å². The predicted molar refractivity (Wildman–Crippen MR) is 182 cm³/mol. The van der Waals surface area contributed by atoms with Crippen molar-refractivity contribution in [1.82, 2.24) is 35.2 Å². The highest BCUT2D eigenvalue weighted by Gasteiger charge is 2.45. The fourth-order valence-electron chi connectivity index (χ4n) is 6.84. The molecule has 0 spiro atoms. The van der Waals surface area contributed by atoms with E-state index in [-0.39, 0.29) is 47.9 Å². The summed E-state index contributed by atoms with van der Waals surface area (Å²) in [5, 5.41) is 24.2. The topological polar surface area (TPSA) is 201 Å². The van der Waals surface area contributed by atoms with E-state index in [1.54, 1.807) is 40.1 Å². The van der Waals surface area contributed by atoms with Crippen LogP contribution in [0.25, 0.3) is 22.3 Å². The molecule has 3 aromatic heterocycles. The van der Waals surface area contributed by atoms with Crippen molar-refractivity contribution in [2.24, 2.45) is 0 Å². The molecule has 4 aromatic rings. The third-order valence-electron chi connectivity index (χ3n) is 9.71. The first-order valence-corrected chi connectivity index (χ1v) is 16.9. The number of aromatic nitrogens is 4. The van der Waals surface area contributed by atoms with Crippen LogP contribution in [0, 0.1) is 0 Å². The zero-order chi connectivity index (χ0) is 36.0. The van der Waals surface area contributed by atoms with Gasteiger partial charge in [0.15, 0.2) is 5.60 Å². The van der Waals surface area contributed by atoms with Gasteiger partial charge >= 0.3 is 12.1 Å². The van der Waals surface area contributed by atoms with Crippen LogP contribution in [0.15, 0.2) is 41.5 Å². The molecule has 3 aliphatic heterocycles. The summed E-state index contributed by atoms with van der Waals surface area (Å²) in [5.74, 6) is -0.666. The summed E-state index contributed by atoms with van der Waals surface area (Å²) in [6.07, 6.45) is 2.74. The van der Waals surface area contributed by atoms with Gasteiger partial charge in [0, 0.05) is 66.7 Å². The van der Waals surface area contributed by atoms with Crippen molar-refractivity contribution in [1.29, 1.82) is 0 Å². The van der Waals surface area contributed by atoms with Crippen LogP contribution in [0.3, 0.4) is 0 Å². The Morgan fingerprint density at radius 2 is 1.84 bits per heavy atom. The van der Waals surface area contributed by atoms with E-state index in [0.717, 1.165) is 16.5 Å². The van der Waals surface area contributed by atoms with Crippen molar-refractivity contribution in [3.05, 3.63) is 74.8 Å². The van der Waals surface area contributed by atoms with Gasteiger partial charge in [0.05, 0.1) is 34.6 Å². The molecule has 16 nitrogen and oxygen atoms in total. The quantitative estimate of drug-likeness (QED) is 0.104. The maximum atomic E-state index is 13.7. The number of cyclic esters (lactones) is 1.